The second-order valence-electron chi connectivity index (χ2n) is 17.1. The van der Waals surface area contributed by atoms with Gasteiger partial charge in [-0.15, -0.1) is 0 Å². The zero-order valence-corrected chi connectivity index (χ0v) is 41.4. The number of hydrogen-bond donors (Lipinski definition) is 3. The molecule has 9 rings (SSSR count). The number of morpholine rings is 4. The molecule has 1 amide bonds. The third-order valence-corrected chi connectivity index (χ3v) is 10.5. The molecule has 4 saturated heterocycles. The van der Waals surface area contributed by atoms with Gasteiger partial charge in [0.2, 0.25) is 5.95 Å². The molecule has 0 atom stereocenters. The van der Waals surface area contributed by atoms with Gasteiger partial charge in [0.05, 0.1) is 83.8 Å². The van der Waals surface area contributed by atoms with E-state index < -0.39 is 98.7 Å². The fourth-order valence-corrected chi connectivity index (χ4v) is 6.90. The Kier molecular flexibility index (Phi) is 22.5. The van der Waals surface area contributed by atoms with Gasteiger partial charge in [0.25, 0.3) is 0 Å². The van der Waals surface area contributed by atoms with Crippen LogP contribution >= 0.6 is 0 Å². The molecule has 420 valence electrons. The highest BCUT2D eigenvalue weighted by Gasteiger charge is 2.27. The Morgan fingerprint density at radius 1 is 0.519 bits per heavy atom. The van der Waals surface area contributed by atoms with Crippen molar-refractivity contribution in [2.24, 2.45) is 0 Å². The van der Waals surface area contributed by atoms with Crippen LogP contribution in [0.4, 0.5) is 87.7 Å². The number of carbonyl (C=O) groups is 2. The molecule has 5 aromatic rings. The predicted molar refractivity (Wildman–Crippen MR) is 254 cm³/mol. The summed E-state index contributed by atoms with van der Waals surface area (Å²) >= 11 is 0. The van der Waals surface area contributed by atoms with E-state index in [-0.39, 0.29) is 23.3 Å². The molecule has 9 heterocycles. The fraction of sp³-hybridized carbons (Fsp3) is 0.426. The normalized spacial score (nSPS) is 15.5. The topological polar surface area (TPSA) is 216 Å². The Labute approximate surface area is 432 Å². The minimum atomic E-state index is -1.64. The number of anilines is 6. The molecule has 19 nitrogen and oxygen atoms in total. The van der Waals surface area contributed by atoms with Crippen molar-refractivity contribution in [2.45, 2.75) is 26.4 Å². The average molecular weight is 1110 g/mol. The second kappa shape index (κ2) is 28.6. The number of aromatic nitrogens is 5. The highest BCUT2D eigenvalue weighted by Crippen LogP contribution is 2.28. The number of aromatic carboxylic acids is 1. The number of hydrogen-bond acceptors (Lipinski definition) is 17. The number of rotatable bonds is 6. The molecule has 0 aromatic carbocycles. The summed E-state index contributed by atoms with van der Waals surface area (Å²) in [5.74, 6) is -12.0. The molecule has 30 heteroatoms. The van der Waals surface area contributed by atoms with Crippen molar-refractivity contribution >= 4 is 46.7 Å². The van der Waals surface area contributed by atoms with Gasteiger partial charge in [-0.05, 0) is 20.8 Å². The van der Waals surface area contributed by atoms with Gasteiger partial charge in [-0.25, -0.2) is 78.4 Å². The van der Waals surface area contributed by atoms with E-state index in [0.717, 1.165) is 30.9 Å². The van der Waals surface area contributed by atoms with Crippen LogP contribution in [-0.4, -0.2) is 153 Å². The Morgan fingerprint density at radius 2 is 0.896 bits per heavy atom. The van der Waals surface area contributed by atoms with E-state index in [1.54, 1.807) is 35.5 Å². The standard InChI is InChI=1S/C14H19F2N3O3.C10H10F2N2O3.C9H11F2N3O.C9H10F2N2O.C5H2F3N/c1-14(2,3)22-13(20)18-11-9(15)8-17-12(10(11)16)19-4-6-21-7-5-19;11-6-5-13-9(8(12)7(6)10(15)16)14-1-3-17-4-2-14;10-6-5-13-9(7(11)8(6)12)14-1-3-15-4-2-14;10-7-5-8(11)9(12-6-7)13-1-3-14-4-2-13;6-3-1-4(7)5(8)9-2-3/h8H,4-7H2,1-3H3,(H,17,18,20);5H,1-4H2,(H,15,16);5H,1-4H2,(H2,12,13);5-6H,1-4H2;1-2H. The third kappa shape index (κ3) is 17.8. The van der Waals surface area contributed by atoms with Crippen molar-refractivity contribution in [1.82, 2.24) is 24.9 Å². The van der Waals surface area contributed by atoms with Gasteiger partial charge in [0.15, 0.2) is 69.8 Å². The van der Waals surface area contributed by atoms with Crippen LogP contribution in [0.3, 0.4) is 0 Å². The fourth-order valence-electron chi connectivity index (χ4n) is 6.90. The highest BCUT2D eigenvalue weighted by molar-refractivity contribution is 5.89. The summed E-state index contributed by atoms with van der Waals surface area (Å²) in [5, 5.41) is 10.8. The summed E-state index contributed by atoms with van der Waals surface area (Å²) in [6.45, 7) is 12.7. The number of carboxylic acids is 1. The molecule has 4 N–H and O–H groups in total. The number of carbonyl (C=O) groups excluding carboxylic acids is 1. The van der Waals surface area contributed by atoms with Gasteiger partial charge in [-0.3, -0.25) is 5.32 Å². The SMILES string of the molecule is CC(C)(C)OC(=O)Nc1c(F)cnc(N2CCOCC2)c1F.Fc1cnc(F)c(F)c1.Fc1cnc(N2CCOCC2)c(F)c1.Nc1c(F)cnc(N2CCOCC2)c1F.O=C(O)c1c(F)cnc(N2CCOCC2)c1F. The third-order valence-electron chi connectivity index (χ3n) is 10.5. The van der Waals surface area contributed by atoms with Crippen LogP contribution in [0.25, 0.3) is 0 Å². The number of nitrogen functional groups attached to an aromatic ring is 1. The van der Waals surface area contributed by atoms with Gasteiger partial charge >= 0.3 is 12.1 Å². The molecule has 0 bridgehead atoms. The van der Waals surface area contributed by atoms with Crippen LogP contribution in [0.2, 0.25) is 0 Å². The summed E-state index contributed by atoms with van der Waals surface area (Å²) in [6.07, 6.45) is 3.23. The van der Waals surface area contributed by atoms with Crippen molar-refractivity contribution in [1.29, 1.82) is 0 Å². The first-order valence-corrected chi connectivity index (χ1v) is 23.1. The van der Waals surface area contributed by atoms with Crippen LogP contribution in [0, 0.1) is 64.1 Å². The quantitative estimate of drug-likeness (QED) is 0.116. The summed E-state index contributed by atoms with van der Waals surface area (Å²) in [5.41, 5.74) is 2.46. The summed E-state index contributed by atoms with van der Waals surface area (Å²) in [4.78, 5) is 46.6. The van der Waals surface area contributed by atoms with E-state index in [1.165, 1.54) is 4.90 Å². The Morgan fingerprint density at radius 3 is 1.31 bits per heavy atom. The molecule has 5 aromatic heterocycles. The monoisotopic (exact) mass is 1110 g/mol. The molecule has 4 fully saturated rings. The van der Waals surface area contributed by atoms with Gasteiger partial charge in [-0.2, -0.15) is 4.39 Å². The first-order valence-electron chi connectivity index (χ1n) is 23.1. The molecular formula is C47H52F11N11O8. The maximum Gasteiger partial charge on any atom is 0.412 e. The minimum absolute atomic E-state index is 0.0178. The first kappa shape index (κ1) is 60.4. The lowest BCUT2D eigenvalue weighted by atomic mass is 10.2. The van der Waals surface area contributed by atoms with Crippen molar-refractivity contribution in [2.75, 3.05) is 136 Å². The van der Waals surface area contributed by atoms with Crippen LogP contribution in [-0.2, 0) is 23.7 Å². The number of carboxylic acid groups (broad SMARTS) is 1. The van der Waals surface area contributed by atoms with Crippen molar-refractivity contribution < 1.29 is 86.7 Å². The molecule has 0 aliphatic carbocycles. The summed E-state index contributed by atoms with van der Waals surface area (Å²) in [7, 11) is 0. The first-order chi connectivity index (χ1) is 36.6. The predicted octanol–water partition coefficient (Wildman–Crippen LogP) is 6.91. The van der Waals surface area contributed by atoms with Crippen LogP contribution < -0.4 is 30.7 Å². The highest BCUT2D eigenvalue weighted by atomic mass is 19.2. The molecule has 0 unspecified atom stereocenters. The summed E-state index contributed by atoms with van der Waals surface area (Å²) in [6, 6.07) is 1.28. The molecular weight excluding hydrogens is 1060 g/mol. The number of halogens is 11. The van der Waals surface area contributed by atoms with Crippen molar-refractivity contribution in [3.05, 3.63) is 113 Å². The molecule has 4 aliphatic heterocycles. The van der Waals surface area contributed by atoms with Gasteiger partial charge in [-0.1, -0.05) is 0 Å². The van der Waals surface area contributed by atoms with Gasteiger partial charge < -0.3 is 54.1 Å². The number of nitrogens with zero attached hydrogens (tertiary/aromatic N) is 9. The van der Waals surface area contributed by atoms with Crippen LogP contribution in [0.1, 0.15) is 31.1 Å². The average Bonchev–Trinajstić information content (AvgIpc) is 3.40. The van der Waals surface area contributed by atoms with Gasteiger partial charge in [0, 0.05) is 64.5 Å². The maximum absolute atomic E-state index is 14.5. The van der Waals surface area contributed by atoms with E-state index in [9.17, 15) is 57.9 Å². The number of amides is 1. The lowest BCUT2D eigenvalue weighted by Gasteiger charge is -2.28. The number of pyridine rings is 5. The zero-order valence-electron chi connectivity index (χ0n) is 41.4. The molecule has 0 radical (unpaired) electrons. The Hall–Kier alpha value is -7.44. The Bertz CT molecular complexity index is 2770. The molecule has 77 heavy (non-hydrogen) atoms. The molecule has 0 spiro atoms. The maximum atomic E-state index is 14.5. The van der Waals surface area contributed by atoms with Crippen LogP contribution in [0.15, 0.2) is 43.1 Å². The number of nitrogens with one attached hydrogen (secondary N) is 1. The van der Waals surface area contributed by atoms with E-state index >= 15 is 0 Å². The minimum Gasteiger partial charge on any atom is -0.477 e. The zero-order chi connectivity index (χ0) is 56.4. The number of ether oxygens (including phenoxy) is 5. The lowest BCUT2D eigenvalue weighted by Crippen LogP contribution is -2.37. The van der Waals surface area contributed by atoms with E-state index in [4.69, 9.17) is 34.5 Å². The largest absolute Gasteiger partial charge is 0.477 e. The van der Waals surface area contributed by atoms with E-state index in [0.29, 0.717) is 117 Å². The summed E-state index contributed by atoms with van der Waals surface area (Å²) < 4.78 is 168. The van der Waals surface area contributed by atoms with Crippen molar-refractivity contribution in [3.63, 3.8) is 0 Å². The molecule has 4 aliphatic rings. The lowest BCUT2D eigenvalue weighted by molar-refractivity contribution is 0.0632. The van der Waals surface area contributed by atoms with Crippen molar-refractivity contribution in [3.8, 4) is 0 Å². The second-order valence-corrected chi connectivity index (χ2v) is 17.1. The smallest absolute Gasteiger partial charge is 0.412 e. The number of nitrogens with two attached hydrogens (primary N) is 1. The van der Waals surface area contributed by atoms with Crippen LogP contribution in [0.5, 0.6) is 0 Å². The van der Waals surface area contributed by atoms with E-state index in [1.807, 2.05) is 0 Å². The van der Waals surface area contributed by atoms with Gasteiger partial charge in [0.1, 0.15) is 34.2 Å². The Balaban J connectivity index is 0.000000182. The van der Waals surface area contributed by atoms with E-state index in [2.05, 4.69) is 30.2 Å². The molecule has 0 saturated carbocycles.